The van der Waals surface area contributed by atoms with Gasteiger partial charge in [0.15, 0.2) is 34.7 Å². The normalized spacial score (nSPS) is 34.1. The van der Waals surface area contributed by atoms with E-state index in [4.69, 9.17) is 10.5 Å². The van der Waals surface area contributed by atoms with Crippen molar-refractivity contribution in [3.63, 3.8) is 0 Å². The highest BCUT2D eigenvalue weighted by Gasteiger charge is 2.72. The molecule has 0 bridgehead atoms. The number of aromatic hydroxyl groups is 1. The number of nitrogens with zero attached hydrogens (tertiary/aromatic N) is 1. The molecule has 0 aromatic heterocycles. The fourth-order valence-electron chi connectivity index (χ4n) is 6.49. The van der Waals surface area contributed by atoms with Crippen LogP contribution in [-0.2, 0) is 28.7 Å². The second-order valence-electron chi connectivity index (χ2n) is 10.4. The number of hydrogen-bond donors (Lipinski definition) is 4. The van der Waals surface area contributed by atoms with Crippen molar-refractivity contribution in [2.75, 3.05) is 20.7 Å². The molecule has 2 unspecified atom stereocenters. The first-order chi connectivity index (χ1) is 18.2. The van der Waals surface area contributed by atoms with E-state index < -0.39 is 88.1 Å². The number of Topliss-reactive ketones (excluding diaryl/α,β-unsaturated/α-hetero) is 4. The van der Waals surface area contributed by atoms with E-state index >= 15 is 0 Å². The lowest BCUT2D eigenvalue weighted by Gasteiger charge is -2.56. The maximum absolute atomic E-state index is 13.9. The summed E-state index contributed by atoms with van der Waals surface area (Å²) < 4.78 is 4.81. The molecule has 0 saturated heterocycles. The molecule has 1 aromatic rings. The largest absolute Gasteiger partial charge is 0.507 e. The van der Waals surface area contributed by atoms with Gasteiger partial charge in [-0.25, -0.2) is 4.79 Å². The first-order valence-corrected chi connectivity index (χ1v) is 12.4. The number of benzene rings is 1. The fourth-order valence-corrected chi connectivity index (χ4v) is 6.49. The van der Waals surface area contributed by atoms with Gasteiger partial charge in [-0.05, 0) is 38.6 Å². The van der Waals surface area contributed by atoms with Crippen LogP contribution < -0.4 is 5.73 Å². The second-order valence-corrected chi connectivity index (χ2v) is 10.4. The van der Waals surface area contributed by atoms with Gasteiger partial charge in [0, 0.05) is 17.6 Å². The third kappa shape index (κ3) is 3.93. The molecule has 4 rings (SSSR count). The van der Waals surface area contributed by atoms with Crippen molar-refractivity contribution in [2.45, 2.75) is 37.5 Å². The molecule has 0 spiro atoms. The van der Waals surface area contributed by atoms with Crippen molar-refractivity contribution in [3.05, 3.63) is 34.9 Å². The van der Waals surface area contributed by atoms with Crippen LogP contribution in [0.15, 0.2) is 18.2 Å². The summed E-state index contributed by atoms with van der Waals surface area (Å²) in [6.07, 6.45) is 0.578. The van der Waals surface area contributed by atoms with E-state index in [1.165, 1.54) is 37.2 Å². The Morgan fingerprint density at radius 3 is 2.36 bits per heavy atom. The number of phenolic OH excluding ortho intramolecular Hbond substituents is 1. The van der Waals surface area contributed by atoms with Crippen LogP contribution in [0.25, 0.3) is 6.08 Å². The van der Waals surface area contributed by atoms with Gasteiger partial charge >= 0.3 is 5.97 Å². The molecule has 3 aliphatic carbocycles. The highest BCUT2D eigenvalue weighted by atomic mass is 16.5. The first-order valence-electron chi connectivity index (χ1n) is 12.4. The maximum Gasteiger partial charge on any atom is 0.330 e. The second kappa shape index (κ2) is 9.78. The quantitative estimate of drug-likeness (QED) is 0.201. The molecule has 3 aliphatic rings. The van der Waals surface area contributed by atoms with Crippen LogP contribution >= 0.6 is 0 Å². The van der Waals surface area contributed by atoms with E-state index in [0.717, 1.165) is 6.08 Å². The van der Waals surface area contributed by atoms with Gasteiger partial charge in [-0.2, -0.15) is 0 Å². The molecule has 208 valence electrons. The highest BCUT2D eigenvalue weighted by molar-refractivity contribution is 6.32. The Balaban J connectivity index is 1.88. The number of aliphatic hydroxyl groups is 2. The number of phenols is 1. The molecule has 8 atom stereocenters. The third-order valence-electron chi connectivity index (χ3n) is 8.21. The Morgan fingerprint density at radius 1 is 1.15 bits per heavy atom. The van der Waals surface area contributed by atoms with Gasteiger partial charge in [-0.3, -0.25) is 28.9 Å². The average Bonchev–Trinajstić information content (AvgIpc) is 2.85. The fraction of sp³-hybridized carbons (Fsp3) is 0.481. The van der Waals surface area contributed by atoms with Crippen LogP contribution in [0.5, 0.6) is 5.75 Å². The number of nitrogens with two attached hydrogens (primary N) is 1. The number of fused-ring (bicyclic) bond motifs is 3. The SMILES string of the molecule is CCOC(=O)/C=C/c1ccc2c(c1O)C(=O)C1C(=O)[C@@]3(O)C(=O)C(C(N)=O)C(=O)[C@H](N(C)C)[C@H]3[C@H](O)[C@H]1[C@@H]2C. The molecule has 1 aromatic carbocycles. The number of likely N-dealkylation sites (N-methyl/N-ethyl adjacent to an activating group) is 1. The van der Waals surface area contributed by atoms with Gasteiger partial charge < -0.3 is 25.8 Å². The Hall–Kier alpha value is -3.74. The van der Waals surface area contributed by atoms with Gasteiger partial charge in [0.05, 0.1) is 36.2 Å². The lowest BCUT2D eigenvalue weighted by Crippen LogP contribution is -2.77. The summed E-state index contributed by atoms with van der Waals surface area (Å²) in [5.41, 5.74) is 2.35. The molecule has 12 heteroatoms. The van der Waals surface area contributed by atoms with Gasteiger partial charge in [0.1, 0.15) is 5.75 Å². The van der Waals surface area contributed by atoms with Crippen molar-refractivity contribution in [3.8, 4) is 5.75 Å². The van der Waals surface area contributed by atoms with Crippen LogP contribution in [-0.4, -0.2) is 93.7 Å². The maximum atomic E-state index is 13.9. The number of aliphatic hydroxyl groups excluding tert-OH is 1. The number of rotatable bonds is 5. The molecule has 1 amide bonds. The van der Waals surface area contributed by atoms with Crippen molar-refractivity contribution >= 4 is 41.1 Å². The smallest absolute Gasteiger partial charge is 0.330 e. The summed E-state index contributed by atoms with van der Waals surface area (Å²) in [6, 6.07) is 1.53. The van der Waals surface area contributed by atoms with E-state index in [2.05, 4.69) is 0 Å². The minimum atomic E-state index is -3.06. The summed E-state index contributed by atoms with van der Waals surface area (Å²) >= 11 is 0. The predicted octanol–water partition coefficient (Wildman–Crippen LogP) is -1.02. The molecule has 0 heterocycles. The monoisotopic (exact) mass is 542 g/mol. The van der Waals surface area contributed by atoms with Crippen LogP contribution in [0.2, 0.25) is 0 Å². The number of carbonyl (C=O) groups excluding carboxylic acids is 6. The Labute approximate surface area is 223 Å². The molecular formula is C27H30N2O10. The molecule has 0 radical (unpaired) electrons. The van der Waals surface area contributed by atoms with Gasteiger partial charge in [-0.15, -0.1) is 0 Å². The van der Waals surface area contributed by atoms with Gasteiger partial charge in [0.2, 0.25) is 5.91 Å². The average molecular weight is 543 g/mol. The number of carbonyl (C=O) groups is 6. The third-order valence-corrected chi connectivity index (χ3v) is 8.21. The van der Waals surface area contributed by atoms with Crippen LogP contribution in [0.3, 0.4) is 0 Å². The topological polar surface area (TPSA) is 202 Å². The van der Waals surface area contributed by atoms with Crippen LogP contribution in [0.1, 0.15) is 41.3 Å². The Kier molecular flexibility index (Phi) is 7.09. The number of primary amides is 1. The summed E-state index contributed by atoms with van der Waals surface area (Å²) in [5.74, 6) is -14.7. The van der Waals surface area contributed by atoms with Gasteiger partial charge in [0.25, 0.3) is 0 Å². The summed E-state index contributed by atoms with van der Waals surface area (Å²) in [6.45, 7) is 3.36. The Bertz CT molecular complexity index is 1330. The van der Waals surface area contributed by atoms with E-state index in [9.17, 15) is 44.1 Å². The minimum Gasteiger partial charge on any atom is -0.507 e. The lowest BCUT2D eigenvalue weighted by atomic mass is 9.49. The van der Waals surface area contributed by atoms with Crippen molar-refractivity contribution in [1.82, 2.24) is 4.90 Å². The summed E-state index contributed by atoms with van der Waals surface area (Å²) in [5, 5.41) is 34.2. The van der Waals surface area contributed by atoms with Crippen molar-refractivity contribution in [1.29, 1.82) is 0 Å². The van der Waals surface area contributed by atoms with Crippen LogP contribution in [0.4, 0.5) is 0 Å². The molecule has 2 fully saturated rings. The van der Waals surface area contributed by atoms with Crippen LogP contribution in [0, 0.1) is 23.7 Å². The van der Waals surface area contributed by atoms with Gasteiger partial charge in [-0.1, -0.05) is 19.1 Å². The summed E-state index contributed by atoms with van der Waals surface area (Å²) in [4.78, 5) is 79.3. The molecule has 5 N–H and O–H groups in total. The van der Waals surface area contributed by atoms with Crippen molar-refractivity contribution in [2.24, 2.45) is 29.4 Å². The van der Waals surface area contributed by atoms with E-state index in [0.29, 0.717) is 5.56 Å². The zero-order valence-corrected chi connectivity index (χ0v) is 21.8. The number of esters is 1. The zero-order valence-electron chi connectivity index (χ0n) is 21.8. The molecule has 0 aliphatic heterocycles. The van der Waals surface area contributed by atoms with E-state index in [1.54, 1.807) is 13.8 Å². The Morgan fingerprint density at radius 2 is 1.79 bits per heavy atom. The first kappa shape index (κ1) is 28.3. The number of hydrogen-bond acceptors (Lipinski definition) is 11. The van der Waals surface area contributed by atoms with Crippen molar-refractivity contribution < 1.29 is 48.8 Å². The molecule has 39 heavy (non-hydrogen) atoms. The number of ketones is 4. The predicted molar refractivity (Wildman–Crippen MR) is 133 cm³/mol. The minimum absolute atomic E-state index is 0.0713. The molecular weight excluding hydrogens is 512 g/mol. The molecule has 12 nitrogen and oxygen atoms in total. The number of amides is 1. The highest BCUT2D eigenvalue weighted by Crippen LogP contribution is 2.54. The van der Waals surface area contributed by atoms with E-state index in [1.807, 2.05) is 0 Å². The lowest BCUT2D eigenvalue weighted by molar-refractivity contribution is -0.196. The standard InChI is InChI=1S/C27H30N2O10/c1-5-39-13(30)9-7-11-6-8-12-10(2)14-16(21(32)15(12)20(11)31)24(35)27(38)18(22(14)33)19(29(3)4)23(34)17(25(27)36)26(28)37/h6-10,14,16-19,22,31,33,38H,5H2,1-4H3,(H2,28,37)/b9-7+/t10-,14+,16?,17?,18+,19-,22-,27-/m1/s1. The van der Waals surface area contributed by atoms with E-state index in [-0.39, 0.29) is 17.7 Å². The summed E-state index contributed by atoms with van der Waals surface area (Å²) in [7, 11) is 2.85. The molecule has 2 saturated carbocycles. The number of ether oxygens (including phenoxy) is 1. The zero-order chi connectivity index (χ0) is 29.1.